The SMILES string of the molecule is O=C(O)[C@@H]1CC[C@@H]2CC[C@H]1N2. The number of hydrogen-bond acceptors (Lipinski definition) is 2. The van der Waals surface area contributed by atoms with E-state index in [-0.39, 0.29) is 12.0 Å². The summed E-state index contributed by atoms with van der Waals surface area (Å²) >= 11 is 0. The summed E-state index contributed by atoms with van der Waals surface area (Å²) in [6, 6.07) is 0.891. The Kier molecular flexibility index (Phi) is 1.60. The van der Waals surface area contributed by atoms with Crippen LogP contribution in [0.3, 0.4) is 0 Å². The molecule has 3 atom stereocenters. The molecular weight excluding hydrogens is 142 g/mol. The molecule has 0 saturated carbocycles. The topological polar surface area (TPSA) is 49.3 Å². The molecule has 2 N–H and O–H groups in total. The van der Waals surface area contributed by atoms with Gasteiger partial charge in [0.2, 0.25) is 0 Å². The molecule has 0 amide bonds. The number of piperidine rings is 1. The predicted molar refractivity (Wildman–Crippen MR) is 40.3 cm³/mol. The first-order chi connectivity index (χ1) is 5.27. The molecule has 2 aliphatic heterocycles. The van der Waals surface area contributed by atoms with Crippen molar-refractivity contribution in [1.29, 1.82) is 0 Å². The van der Waals surface area contributed by atoms with Crippen molar-refractivity contribution in [2.24, 2.45) is 5.92 Å². The summed E-state index contributed by atoms with van der Waals surface area (Å²) in [5.41, 5.74) is 0. The van der Waals surface area contributed by atoms with E-state index in [1.807, 2.05) is 0 Å². The molecular formula is C8H13NO2. The Hall–Kier alpha value is -0.570. The standard InChI is InChI=1S/C8H13NO2/c10-8(11)6-3-1-5-2-4-7(6)9-5/h5-7,9H,1-4H2,(H,10,11)/t5-,6-,7-/m1/s1. The van der Waals surface area contributed by atoms with Crippen LogP contribution >= 0.6 is 0 Å². The summed E-state index contributed by atoms with van der Waals surface area (Å²) in [7, 11) is 0. The molecule has 0 aromatic rings. The van der Waals surface area contributed by atoms with Gasteiger partial charge in [-0.05, 0) is 25.7 Å². The van der Waals surface area contributed by atoms with Gasteiger partial charge in [0.15, 0.2) is 0 Å². The fraction of sp³-hybridized carbons (Fsp3) is 0.875. The van der Waals surface area contributed by atoms with Crippen molar-refractivity contribution >= 4 is 5.97 Å². The van der Waals surface area contributed by atoms with E-state index in [0.717, 1.165) is 19.3 Å². The second-order valence-corrected chi connectivity index (χ2v) is 3.57. The maximum Gasteiger partial charge on any atom is 0.308 e. The normalized spacial score (nSPS) is 42.4. The van der Waals surface area contributed by atoms with E-state index in [2.05, 4.69) is 5.32 Å². The zero-order valence-corrected chi connectivity index (χ0v) is 6.42. The van der Waals surface area contributed by atoms with Crippen LogP contribution in [0.4, 0.5) is 0 Å². The second-order valence-electron chi connectivity index (χ2n) is 3.57. The molecule has 11 heavy (non-hydrogen) atoms. The van der Waals surface area contributed by atoms with Crippen LogP contribution in [0.15, 0.2) is 0 Å². The third-order valence-corrected chi connectivity index (χ3v) is 2.90. The summed E-state index contributed by atoms with van der Waals surface area (Å²) in [5, 5.41) is 12.2. The molecule has 2 heterocycles. The number of carbonyl (C=O) groups is 1. The van der Waals surface area contributed by atoms with Gasteiger partial charge in [-0.3, -0.25) is 4.79 Å². The van der Waals surface area contributed by atoms with Gasteiger partial charge in [-0.15, -0.1) is 0 Å². The molecule has 0 spiro atoms. The largest absolute Gasteiger partial charge is 0.481 e. The predicted octanol–water partition coefficient (Wildman–Crippen LogP) is 0.602. The highest BCUT2D eigenvalue weighted by atomic mass is 16.4. The van der Waals surface area contributed by atoms with Crippen molar-refractivity contribution < 1.29 is 9.90 Å². The first-order valence-corrected chi connectivity index (χ1v) is 4.26. The molecule has 62 valence electrons. The van der Waals surface area contributed by atoms with Gasteiger partial charge in [-0.25, -0.2) is 0 Å². The lowest BCUT2D eigenvalue weighted by molar-refractivity contribution is -0.143. The Morgan fingerprint density at radius 2 is 2.00 bits per heavy atom. The van der Waals surface area contributed by atoms with Crippen molar-refractivity contribution in [3.8, 4) is 0 Å². The van der Waals surface area contributed by atoms with Crippen molar-refractivity contribution in [2.75, 3.05) is 0 Å². The van der Waals surface area contributed by atoms with Crippen molar-refractivity contribution in [1.82, 2.24) is 5.32 Å². The molecule has 0 unspecified atom stereocenters. The van der Waals surface area contributed by atoms with Gasteiger partial charge in [0.1, 0.15) is 0 Å². The van der Waals surface area contributed by atoms with E-state index >= 15 is 0 Å². The van der Waals surface area contributed by atoms with Crippen molar-refractivity contribution in [3.05, 3.63) is 0 Å². The van der Waals surface area contributed by atoms with E-state index in [0.29, 0.717) is 6.04 Å². The first-order valence-electron chi connectivity index (χ1n) is 4.26. The fourth-order valence-electron chi connectivity index (χ4n) is 2.27. The second kappa shape index (κ2) is 2.48. The van der Waals surface area contributed by atoms with Gasteiger partial charge in [-0.1, -0.05) is 0 Å². The van der Waals surface area contributed by atoms with Gasteiger partial charge in [0, 0.05) is 12.1 Å². The van der Waals surface area contributed by atoms with Gasteiger partial charge >= 0.3 is 5.97 Å². The lowest BCUT2D eigenvalue weighted by atomic mass is 9.92. The Labute approximate surface area is 65.8 Å². The highest BCUT2D eigenvalue weighted by molar-refractivity contribution is 5.71. The van der Waals surface area contributed by atoms with Crippen LogP contribution in [0.1, 0.15) is 25.7 Å². The van der Waals surface area contributed by atoms with E-state index in [4.69, 9.17) is 5.11 Å². The number of rotatable bonds is 1. The maximum atomic E-state index is 10.7. The van der Waals surface area contributed by atoms with E-state index in [9.17, 15) is 4.79 Å². The average molecular weight is 155 g/mol. The summed E-state index contributed by atoms with van der Waals surface area (Å²) in [5.74, 6) is -0.739. The minimum atomic E-state index is -0.622. The zero-order valence-electron chi connectivity index (χ0n) is 6.42. The smallest absolute Gasteiger partial charge is 0.308 e. The number of aliphatic carboxylic acids is 1. The minimum absolute atomic E-state index is 0.117. The summed E-state index contributed by atoms with van der Waals surface area (Å²) in [6.45, 7) is 0. The number of carboxylic acids is 1. The maximum absolute atomic E-state index is 10.7. The molecule has 2 aliphatic rings. The highest BCUT2D eigenvalue weighted by Gasteiger charge is 2.38. The molecule has 0 aromatic carbocycles. The van der Waals surface area contributed by atoms with E-state index in [1.54, 1.807) is 0 Å². The monoisotopic (exact) mass is 155 g/mol. The van der Waals surface area contributed by atoms with Gasteiger partial charge in [-0.2, -0.15) is 0 Å². The lowest BCUT2D eigenvalue weighted by Crippen LogP contribution is -2.43. The zero-order chi connectivity index (χ0) is 7.84. The van der Waals surface area contributed by atoms with Crippen LogP contribution in [0.2, 0.25) is 0 Å². The van der Waals surface area contributed by atoms with E-state index in [1.165, 1.54) is 6.42 Å². The quantitative estimate of drug-likeness (QED) is 0.583. The number of hydrogen-bond donors (Lipinski definition) is 2. The Morgan fingerprint density at radius 3 is 2.73 bits per heavy atom. The molecule has 0 aliphatic carbocycles. The van der Waals surface area contributed by atoms with Crippen molar-refractivity contribution in [3.63, 3.8) is 0 Å². The molecule has 0 aromatic heterocycles. The number of fused-ring (bicyclic) bond motifs is 2. The third-order valence-electron chi connectivity index (χ3n) is 2.90. The third kappa shape index (κ3) is 1.13. The molecule has 2 rings (SSSR count). The molecule has 3 heteroatoms. The lowest BCUT2D eigenvalue weighted by Gasteiger charge is -2.26. The summed E-state index contributed by atoms with van der Waals surface area (Å²) in [6.07, 6.45) is 4.15. The number of nitrogens with one attached hydrogen (secondary N) is 1. The number of carboxylic acid groups (broad SMARTS) is 1. The van der Waals surface area contributed by atoms with Gasteiger partial charge < -0.3 is 10.4 Å². The molecule has 0 radical (unpaired) electrons. The summed E-state index contributed by atoms with van der Waals surface area (Å²) < 4.78 is 0. The molecule has 3 nitrogen and oxygen atoms in total. The van der Waals surface area contributed by atoms with Crippen molar-refractivity contribution in [2.45, 2.75) is 37.8 Å². The van der Waals surface area contributed by atoms with Crippen LogP contribution < -0.4 is 5.32 Å². The van der Waals surface area contributed by atoms with Gasteiger partial charge in [0.05, 0.1) is 5.92 Å². The average Bonchev–Trinajstić information content (AvgIpc) is 2.32. The minimum Gasteiger partial charge on any atom is -0.481 e. The summed E-state index contributed by atoms with van der Waals surface area (Å²) in [4.78, 5) is 10.7. The van der Waals surface area contributed by atoms with E-state index < -0.39 is 5.97 Å². The van der Waals surface area contributed by atoms with Crippen LogP contribution in [0.25, 0.3) is 0 Å². The van der Waals surface area contributed by atoms with Crippen LogP contribution in [-0.2, 0) is 4.79 Å². The Morgan fingerprint density at radius 1 is 1.27 bits per heavy atom. The highest BCUT2D eigenvalue weighted by Crippen LogP contribution is 2.31. The molecule has 2 bridgehead atoms. The van der Waals surface area contributed by atoms with Crippen LogP contribution in [0, 0.1) is 5.92 Å². The Bertz CT molecular complexity index is 181. The van der Waals surface area contributed by atoms with Crippen LogP contribution in [-0.4, -0.2) is 23.2 Å². The first kappa shape index (κ1) is 7.10. The molecule has 2 saturated heterocycles. The fourth-order valence-corrected chi connectivity index (χ4v) is 2.27. The Balaban J connectivity index is 2.07. The molecule has 2 fully saturated rings. The van der Waals surface area contributed by atoms with Crippen LogP contribution in [0.5, 0.6) is 0 Å². The van der Waals surface area contributed by atoms with Gasteiger partial charge in [0.25, 0.3) is 0 Å².